The van der Waals surface area contributed by atoms with Crippen molar-refractivity contribution >= 4 is 5.84 Å². The first-order chi connectivity index (χ1) is 9.92. The first-order valence-electron chi connectivity index (χ1n) is 7.51. The van der Waals surface area contributed by atoms with E-state index in [1.54, 1.807) is 0 Å². The van der Waals surface area contributed by atoms with Gasteiger partial charge in [-0.15, -0.1) is 0 Å². The molecule has 0 radical (unpaired) electrons. The van der Waals surface area contributed by atoms with E-state index in [0.717, 1.165) is 51.5 Å². The molecule has 0 bridgehead atoms. The molecule has 0 aromatic carbocycles. The Labute approximate surface area is 118 Å². The van der Waals surface area contributed by atoms with Crippen LogP contribution in [0, 0.1) is 0 Å². The Morgan fingerprint density at radius 3 is 3.00 bits per heavy atom. The molecular weight excluding hydrogens is 252 g/mol. The second kappa shape index (κ2) is 5.05. The number of ether oxygens (including phenoxy) is 1. The lowest BCUT2D eigenvalue weighted by atomic mass is 10.1. The van der Waals surface area contributed by atoms with Gasteiger partial charge in [-0.1, -0.05) is 6.08 Å². The highest BCUT2D eigenvalue weighted by Crippen LogP contribution is 2.25. The molecule has 0 aliphatic carbocycles. The molecule has 5 nitrogen and oxygen atoms in total. The zero-order valence-electron chi connectivity index (χ0n) is 11.7. The minimum Gasteiger partial charge on any atom is -0.377 e. The molecule has 0 atom stereocenters. The van der Waals surface area contributed by atoms with Crippen LogP contribution in [0.1, 0.15) is 30.1 Å². The monoisotopic (exact) mass is 272 g/mol. The highest BCUT2D eigenvalue weighted by molar-refractivity contribution is 5.93. The highest BCUT2D eigenvalue weighted by atomic mass is 16.5. The fraction of sp³-hybridized carbons (Fsp3) is 0.600. The van der Waals surface area contributed by atoms with Gasteiger partial charge in [-0.3, -0.25) is 9.67 Å². The van der Waals surface area contributed by atoms with E-state index in [1.165, 1.54) is 17.7 Å². The Kier molecular flexibility index (Phi) is 3.07. The smallest absolute Gasteiger partial charge is 0.123 e. The Bertz CT molecular complexity index is 556. The molecule has 3 aliphatic heterocycles. The van der Waals surface area contributed by atoms with Gasteiger partial charge in [-0.2, -0.15) is 5.10 Å². The van der Waals surface area contributed by atoms with Gasteiger partial charge in [-0.05, 0) is 25.3 Å². The standard InChI is InChI=1S/C15H20N4O/c1-2-6-16-15(5-1)18-7-3-4-14-12(9-18)8-17-19(14)13-10-20-11-13/h1,5,8,13H,2-4,6-7,9-11H2. The van der Waals surface area contributed by atoms with Crippen molar-refractivity contribution in [3.8, 4) is 0 Å². The predicted molar refractivity (Wildman–Crippen MR) is 76.9 cm³/mol. The van der Waals surface area contributed by atoms with Gasteiger partial charge in [0.2, 0.25) is 0 Å². The van der Waals surface area contributed by atoms with Crippen molar-refractivity contribution in [3.63, 3.8) is 0 Å². The zero-order valence-corrected chi connectivity index (χ0v) is 11.7. The molecule has 0 saturated carbocycles. The summed E-state index contributed by atoms with van der Waals surface area (Å²) in [5.74, 6) is 1.14. The minimum atomic E-state index is 0.456. The molecule has 4 heterocycles. The average molecular weight is 272 g/mol. The van der Waals surface area contributed by atoms with Crippen molar-refractivity contribution in [1.29, 1.82) is 0 Å². The molecule has 5 heteroatoms. The van der Waals surface area contributed by atoms with E-state index in [4.69, 9.17) is 4.74 Å². The molecule has 1 aromatic heterocycles. The number of dihydropyridines is 1. The lowest BCUT2D eigenvalue weighted by Crippen LogP contribution is -2.32. The van der Waals surface area contributed by atoms with Gasteiger partial charge >= 0.3 is 0 Å². The van der Waals surface area contributed by atoms with Gasteiger partial charge < -0.3 is 9.64 Å². The number of aliphatic imine (C=N–C) groups is 1. The van der Waals surface area contributed by atoms with E-state index < -0.39 is 0 Å². The Hall–Kier alpha value is -1.62. The van der Waals surface area contributed by atoms with E-state index in [0.29, 0.717) is 6.04 Å². The van der Waals surface area contributed by atoms with Crippen LogP contribution in [-0.4, -0.2) is 46.8 Å². The number of hydrogen-bond acceptors (Lipinski definition) is 4. The molecule has 1 fully saturated rings. The van der Waals surface area contributed by atoms with E-state index in [2.05, 4.69) is 31.8 Å². The Morgan fingerprint density at radius 1 is 1.30 bits per heavy atom. The van der Waals surface area contributed by atoms with Crippen LogP contribution in [0.3, 0.4) is 0 Å². The van der Waals surface area contributed by atoms with Crippen molar-refractivity contribution < 1.29 is 4.74 Å². The molecule has 106 valence electrons. The van der Waals surface area contributed by atoms with Crippen molar-refractivity contribution in [3.05, 3.63) is 29.6 Å². The van der Waals surface area contributed by atoms with Gasteiger partial charge in [-0.25, -0.2) is 0 Å². The lowest BCUT2D eigenvalue weighted by Gasteiger charge is -2.28. The molecule has 0 spiro atoms. The first-order valence-corrected chi connectivity index (χ1v) is 7.51. The van der Waals surface area contributed by atoms with Crippen LogP contribution in [0.5, 0.6) is 0 Å². The number of nitrogens with zero attached hydrogens (tertiary/aromatic N) is 4. The summed E-state index contributed by atoms with van der Waals surface area (Å²) < 4.78 is 7.49. The summed E-state index contributed by atoms with van der Waals surface area (Å²) in [4.78, 5) is 7.04. The Balaban J connectivity index is 1.58. The van der Waals surface area contributed by atoms with Gasteiger partial charge in [0.25, 0.3) is 0 Å². The third kappa shape index (κ3) is 2.06. The summed E-state index contributed by atoms with van der Waals surface area (Å²) in [6.07, 6.45) is 9.78. The number of fused-ring (bicyclic) bond motifs is 1. The maximum atomic E-state index is 5.30. The fourth-order valence-corrected chi connectivity index (χ4v) is 3.13. The third-order valence-electron chi connectivity index (χ3n) is 4.31. The zero-order chi connectivity index (χ0) is 13.4. The van der Waals surface area contributed by atoms with Crippen molar-refractivity contribution in [2.24, 2.45) is 4.99 Å². The van der Waals surface area contributed by atoms with Crippen molar-refractivity contribution in [2.45, 2.75) is 31.8 Å². The van der Waals surface area contributed by atoms with E-state index in [9.17, 15) is 0 Å². The van der Waals surface area contributed by atoms with E-state index >= 15 is 0 Å². The molecule has 1 aromatic rings. The summed E-state index contributed by atoms with van der Waals surface area (Å²) >= 11 is 0. The predicted octanol–water partition coefficient (Wildman–Crippen LogP) is 1.56. The third-order valence-corrected chi connectivity index (χ3v) is 4.31. The molecule has 1 saturated heterocycles. The van der Waals surface area contributed by atoms with Crippen LogP contribution < -0.4 is 0 Å². The maximum Gasteiger partial charge on any atom is 0.123 e. The summed E-state index contributed by atoms with van der Waals surface area (Å²) in [7, 11) is 0. The molecular formula is C15H20N4O. The quantitative estimate of drug-likeness (QED) is 0.779. The van der Waals surface area contributed by atoms with Crippen LogP contribution in [-0.2, 0) is 17.7 Å². The molecule has 0 unspecified atom stereocenters. The summed E-state index contributed by atoms with van der Waals surface area (Å²) in [6, 6.07) is 0.456. The molecule has 0 amide bonds. The molecule has 4 rings (SSSR count). The Morgan fingerprint density at radius 2 is 2.25 bits per heavy atom. The summed E-state index contributed by atoms with van der Waals surface area (Å²) in [5.41, 5.74) is 2.76. The fourth-order valence-electron chi connectivity index (χ4n) is 3.13. The lowest BCUT2D eigenvalue weighted by molar-refractivity contribution is -0.0298. The van der Waals surface area contributed by atoms with Crippen molar-refractivity contribution in [2.75, 3.05) is 26.3 Å². The van der Waals surface area contributed by atoms with E-state index in [1.807, 2.05) is 6.20 Å². The van der Waals surface area contributed by atoms with Gasteiger partial charge in [0.1, 0.15) is 5.84 Å². The van der Waals surface area contributed by atoms with Crippen molar-refractivity contribution in [1.82, 2.24) is 14.7 Å². The summed E-state index contributed by atoms with van der Waals surface area (Å²) in [5, 5.41) is 4.59. The highest BCUT2D eigenvalue weighted by Gasteiger charge is 2.27. The molecule has 20 heavy (non-hydrogen) atoms. The van der Waals surface area contributed by atoms with E-state index in [-0.39, 0.29) is 0 Å². The van der Waals surface area contributed by atoms with Crippen LogP contribution in [0.15, 0.2) is 23.3 Å². The normalized spacial score (nSPS) is 23.0. The second-order valence-electron chi connectivity index (χ2n) is 5.71. The largest absolute Gasteiger partial charge is 0.377 e. The summed E-state index contributed by atoms with van der Waals surface area (Å²) in [6.45, 7) is 4.57. The topological polar surface area (TPSA) is 42.7 Å². The molecule has 0 N–H and O–H groups in total. The maximum absolute atomic E-state index is 5.30. The van der Waals surface area contributed by atoms with Gasteiger partial charge in [0, 0.05) is 30.9 Å². The number of aromatic nitrogens is 2. The molecule has 3 aliphatic rings. The number of amidine groups is 1. The average Bonchev–Trinajstić information content (AvgIpc) is 2.69. The van der Waals surface area contributed by atoms with Crippen LogP contribution in [0.2, 0.25) is 0 Å². The second-order valence-corrected chi connectivity index (χ2v) is 5.71. The van der Waals surface area contributed by atoms with Gasteiger partial charge in [0.05, 0.1) is 25.5 Å². The number of rotatable bonds is 1. The van der Waals surface area contributed by atoms with Crippen LogP contribution in [0.25, 0.3) is 0 Å². The van der Waals surface area contributed by atoms with Crippen LogP contribution in [0.4, 0.5) is 0 Å². The van der Waals surface area contributed by atoms with Gasteiger partial charge in [0.15, 0.2) is 0 Å². The SMILES string of the molecule is C1=CC(N2CCCc3c(cnn3C3COC3)C2)=NCC1. The first kappa shape index (κ1) is 12.1. The minimum absolute atomic E-state index is 0.456. The van der Waals surface area contributed by atoms with Crippen LogP contribution >= 0.6 is 0 Å². The number of hydrogen-bond donors (Lipinski definition) is 0.